The highest BCUT2D eigenvalue weighted by Gasteiger charge is 2.45. The molecule has 0 bridgehead atoms. The fourth-order valence-corrected chi connectivity index (χ4v) is 4.25. The van der Waals surface area contributed by atoms with E-state index in [-0.39, 0.29) is 30.1 Å². The van der Waals surface area contributed by atoms with Gasteiger partial charge in [0.1, 0.15) is 26.3 Å². The van der Waals surface area contributed by atoms with Crippen LogP contribution in [-0.4, -0.2) is 37.1 Å². The Morgan fingerprint density at radius 2 is 1.82 bits per heavy atom. The van der Waals surface area contributed by atoms with Crippen molar-refractivity contribution < 1.29 is 14.0 Å². The van der Waals surface area contributed by atoms with Crippen molar-refractivity contribution in [1.82, 2.24) is 4.90 Å². The highest BCUT2D eigenvalue weighted by molar-refractivity contribution is 6.37. The van der Waals surface area contributed by atoms with E-state index in [0.29, 0.717) is 6.54 Å². The SMILES string of the molecule is Bc1cc(C)ccc1N1CC(=O)N(Cc2ccc(F)cc2)C(C2CCC2)C1=O. The summed E-state index contributed by atoms with van der Waals surface area (Å²) in [5.41, 5.74) is 3.78. The number of hydrogen-bond acceptors (Lipinski definition) is 2. The summed E-state index contributed by atoms with van der Waals surface area (Å²) in [4.78, 5) is 29.9. The second-order valence-electron chi connectivity index (χ2n) is 8.00. The molecule has 1 unspecified atom stereocenters. The first-order chi connectivity index (χ1) is 13.4. The minimum absolute atomic E-state index is 0.00151. The predicted molar refractivity (Wildman–Crippen MR) is 110 cm³/mol. The summed E-state index contributed by atoms with van der Waals surface area (Å²) >= 11 is 0. The van der Waals surface area contributed by atoms with E-state index in [1.807, 2.05) is 33.0 Å². The molecule has 0 spiro atoms. The third-order valence-corrected chi connectivity index (χ3v) is 5.97. The molecule has 6 heteroatoms. The molecule has 28 heavy (non-hydrogen) atoms. The molecule has 2 aliphatic rings. The van der Waals surface area contributed by atoms with E-state index in [1.165, 1.54) is 12.1 Å². The molecule has 4 nitrogen and oxygen atoms in total. The molecule has 0 N–H and O–H groups in total. The van der Waals surface area contributed by atoms with E-state index in [9.17, 15) is 14.0 Å². The third kappa shape index (κ3) is 3.43. The lowest BCUT2D eigenvalue weighted by Crippen LogP contribution is -2.63. The Morgan fingerprint density at radius 3 is 2.43 bits per heavy atom. The maximum Gasteiger partial charge on any atom is 0.250 e. The molecule has 1 aliphatic heterocycles. The van der Waals surface area contributed by atoms with Gasteiger partial charge in [-0.2, -0.15) is 0 Å². The second kappa shape index (κ2) is 7.42. The van der Waals surface area contributed by atoms with E-state index in [1.54, 1.807) is 21.9 Å². The predicted octanol–water partition coefficient (Wildman–Crippen LogP) is 1.94. The molecule has 1 aliphatic carbocycles. The maximum absolute atomic E-state index is 13.5. The molecule has 0 radical (unpaired) electrons. The Bertz CT molecular complexity index is 911. The van der Waals surface area contributed by atoms with Crippen LogP contribution in [0.15, 0.2) is 42.5 Å². The van der Waals surface area contributed by atoms with Gasteiger partial charge in [-0.3, -0.25) is 9.59 Å². The van der Waals surface area contributed by atoms with Crippen LogP contribution in [0.2, 0.25) is 0 Å². The molecule has 2 aromatic carbocycles. The van der Waals surface area contributed by atoms with Gasteiger partial charge in [-0.15, -0.1) is 0 Å². The first-order valence-corrected chi connectivity index (χ1v) is 9.86. The second-order valence-corrected chi connectivity index (χ2v) is 8.00. The topological polar surface area (TPSA) is 40.6 Å². The minimum Gasteiger partial charge on any atom is -0.324 e. The first-order valence-electron chi connectivity index (χ1n) is 9.86. The van der Waals surface area contributed by atoms with E-state index in [4.69, 9.17) is 0 Å². The summed E-state index contributed by atoms with van der Waals surface area (Å²) in [5, 5.41) is 0. The van der Waals surface area contributed by atoms with Gasteiger partial charge in [0, 0.05) is 12.2 Å². The van der Waals surface area contributed by atoms with Crippen LogP contribution < -0.4 is 10.4 Å². The van der Waals surface area contributed by atoms with Gasteiger partial charge in [-0.05, 0) is 49.4 Å². The summed E-state index contributed by atoms with van der Waals surface area (Å²) in [6.07, 6.45) is 3.02. The molecule has 0 aromatic heterocycles. The molecular formula is C22H24BFN2O2. The third-order valence-electron chi connectivity index (χ3n) is 5.97. The molecule has 1 heterocycles. The van der Waals surface area contributed by atoms with Crippen molar-refractivity contribution in [1.29, 1.82) is 0 Å². The molecule has 1 saturated heterocycles. The van der Waals surface area contributed by atoms with Crippen molar-refractivity contribution in [3.63, 3.8) is 0 Å². The molecular weight excluding hydrogens is 354 g/mol. The van der Waals surface area contributed by atoms with Gasteiger partial charge in [-0.25, -0.2) is 4.39 Å². The van der Waals surface area contributed by atoms with Crippen LogP contribution in [0.1, 0.15) is 30.4 Å². The van der Waals surface area contributed by atoms with Crippen LogP contribution in [-0.2, 0) is 16.1 Å². The fraction of sp³-hybridized carbons (Fsp3) is 0.364. The van der Waals surface area contributed by atoms with Gasteiger partial charge in [0.25, 0.3) is 5.91 Å². The van der Waals surface area contributed by atoms with Gasteiger partial charge >= 0.3 is 0 Å². The summed E-state index contributed by atoms with van der Waals surface area (Å²) in [6, 6.07) is 11.7. The Hall–Kier alpha value is -2.63. The van der Waals surface area contributed by atoms with E-state index in [0.717, 1.165) is 41.5 Å². The number of aryl methyl sites for hydroxylation is 1. The van der Waals surface area contributed by atoms with Gasteiger partial charge in [0.05, 0.1) is 0 Å². The molecule has 2 amide bonds. The number of rotatable bonds is 4. The van der Waals surface area contributed by atoms with Crippen molar-refractivity contribution in [2.75, 3.05) is 11.4 Å². The van der Waals surface area contributed by atoms with Crippen LogP contribution in [0.4, 0.5) is 10.1 Å². The number of benzene rings is 2. The zero-order valence-corrected chi connectivity index (χ0v) is 16.3. The summed E-state index contributed by atoms with van der Waals surface area (Å²) in [7, 11) is 1.98. The quantitative estimate of drug-likeness (QED) is 0.763. The average Bonchev–Trinajstić information content (AvgIpc) is 2.61. The average molecular weight is 378 g/mol. The van der Waals surface area contributed by atoms with Crippen LogP contribution >= 0.6 is 0 Å². The molecule has 2 aromatic rings. The van der Waals surface area contributed by atoms with Gasteiger partial charge < -0.3 is 9.80 Å². The summed E-state index contributed by atoms with van der Waals surface area (Å²) in [5.74, 6) is -0.161. The van der Waals surface area contributed by atoms with Crippen molar-refractivity contribution in [2.45, 2.75) is 38.8 Å². The number of piperazine rings is 1. The molecule has 1 saturated carbocycles. The number of anilines is 1. The smallest absolute Gasteiger partial charge is 0.250 e. The first kappa shape index (κ1) is 18.7. The Kier molecular flexibility index (Phi) is 4.96. The lowest BCUT2D eigenvalue weighted by molar-refractivity contribution is -0.147. The lowest BCUT2D eigenvalue weighted by atomic mass is 9.77. The summed E-state index contributed by atoms with van der Waals surface area (Å²) in [6.45, 7) is 2.40. The van der Waals surface area contributed by atoms with Crippen LogP contribution in [0.25, 0.3) is 0 Å². The van der Waals surface area contributed by atoms with Crippen LogP contribution in [0.5, 0.6) is 0 Å². The van der Waals surface area contributed by atoms with Crippen molar-refractivity contribution in [3.05, 3.63) is 59.4 Å². The largest absolute Gasteiger partial charge is 0.324 e. The van der Waals surface area contributed by atoms with Gasteiger partial charge in [-0.1, -0.05) is 41.7 Å². The zero-order chi connectivity index (χ0) is 19.8. The number of carbonyl (C=O) groups excluding carboxylic acids is 2. The number of amides is 2. The van der Waals surface area contributed by atoms with Crippen molar-refractivity contribution in [3.8, 4) is 0 Å². The van der Waals surface area contributed by atoms with E-state index >= 15 is 0 Å². The highest BCUT2D eigenvalue weighted by Crippen LogP contribution is 2.36. The standard InChI is InChI=1S/C22H24BFN2O2/c1-14-5-10-19(18(23)11-14)25-13-20(27)26(12-15-6-8-17(24)9-7-15)21(22(25)28)16-3-2-4-16/h5-11,16,21H,2-4,12-13,23H2,1H3. The van der Waals surface area contributed by atoms with Crippen LogP contribution in [0, 0.1) is 18.7 Å². The monoisotopic (exact) mass is 378 g/mol. The fourth-order valence-electron chi connectivity index (χ4n) is 4.25. The maximum atomic E-state index is 13.5. The number of halogens is 1. The van der Waals surface area contributed by atoms with E-state index in [2.05, 4.69) is 0 Å². The van der Waals surface area contributed by atoms with Crippen molar-refractivity contribution >= 4 is 30.8 Å². The number of carbonyl (C=O) groups is 2. The Morgan fingerprint density at radius 1 is 1.11 bits per heavy atom. The van der Waals surface area contributed by atoms with E-state index < -0.39 is 6.04 Å². The van der Waals surface area contributed by atoms with Crippen LogP contribution in [0.3, 0.4) is 0 Å². The Balaban J connectivity index is 1.65. The summed E-state index contributed by atoms with van der Waals surface area (Å²) < 4.78 is 13.2. The molecule has 1 atom stereocenters. The van der Waals surface area contributed by atoms with Gasteiger partial charge in [0.15, 0.2) is 0 Å². The number of hydrogen-bond donors (Lipinski definition) is 0. The normalized spacial score (nSPS) is 20.4. The van der Waals surface area contributed by atoms with Gasteiger partial charge in [0.2, 0.25) is 5.91 Å². The van der Waals surface area contributed by atoms with Crippen molar-refractivity contribution in [2.24, 2.45) is 5.92 Å². The molecule has 2 fully saturated rings. The highest BCUT2D eigenvalue weighted by atomic mass is 19.1. The molecule has 144 valence electrons. The number of nitrogens with zero attached hydrogens (tertiary/aromatic N) is 2. The zero-order valence-electron chi connectivity index (χ0n) is 16.3. The molecule has 4 rings (SSSR count). The minimum atomic E-state index is -0.444. The lowest BCUT2D eigenvalue weighted by Gasteiger charge is -2.46. The Labute approximate surface area is 165 Å².